The molecule has 0 saturated carbocycles. The number of nitrogens with zero attached hydrogens (tertiary/aromatic N) is 4. The average molecular weight is 956 g/mol. The third kappa shape index (κ3) is 14.0. The van der Waals surface area contributed by atoms with Gasteiger partial charge in [-0.3, -0.25) is 14.4 Å². The molecule has 68 heavy (non-hydrogen) atoms. The third-order valence-corrected chi connectivity index (χ3v) is 15.5. The Bertz CT molecular complexity index is 1920. The molecule has 1 aromatic rings. The number of likely N-dealkylation sites (N-methyl/N-ethyl adjacent to an activating group) is 1. The maximum absolute atomic E-state index is 13.8. The highest BCUT2D eigenvalue weighted by molar-refractivity contribution is 5.92. The van der Waals surface area contributed by atoms with Gasteiger partial charge in [-0.2, -0.15) is 0 Å². The summed E-state index contributed by atoms with van der Waals surface area (Å²) < 4.78 is 22.3. The van der Waals surface area contributed by atoms with Gasteiger partial charge in [0.05, 0.1) is 42.8 Å². The number of allylic oxidation sites excluding steroid dienone is 4. The predicted octanol–water partition coefficient (Wildman–Crippen LogP) is 5.65. The van der Waals surface area contributed by atoms with Crippen molar-refractivity contribution in [3.63, 3.8) is 0 Å². The molecule has 1 spiro atoms. The molecule has 3 aliphatic rings. The standard InChI is InChI=1S/C52H85N5O11/c1-14-39-19-17-15-16-18-32(4)48(62)51(11,65)49(63)37(9)46(61)36(8)45(60)35(7)44(59)31(3)20-23-43(58)66-47-34(6)41(22-21-39)67-52(38(47)10)25-24-30(2)42(68-52)28-33(5)57-29-40(54-55-57)50(64)53-26-27-56(12)13/h15-17,19-20,23,29-39,41-42,44,46-48,59,61-62,65H,14,18,21-22,24-28H2,1-13H3,(H,53,64)/b16-15+,19-17+,23-20+/t30-,31-,32+,33+,34+,35-,36-,37-,38-,39-,41-,42-,44+,46+,47+,48-,51+,52-/m1/s1. The molecule has 16 heteroatoms. The fourth-order valence-corrected chi connectivity index (χ4v) is 10.2. The van der Waals surface area contributed by atoms with Gasteiger partial charge in [-0.05, 0) is 84.2 Å². The molecule has 0 aromatic carbocycles. The van der Waals surface area contributed by atoms with Crippen LogP contribution in [0.2, 0.25) is 0 Å². The van der Waals surface area contributed by atoms with Gasteiger partial charge in [-0.1, -0.05) is 97.9 Å². The molecule has 1 aromatic heterocycles. The summed E-state index contributed by atoms with van der Waals surface area (Å²) in [6.07, 6.45) is 11.6. The number of rotatable bonds is 8. The maximum Gasteiger partial charge on any atom is 0.330 e. The van der Waals surface area contributed by atoms with Crippen molar-refractivity contribution in [2.24, 2.45) is 53.3 Å². The van der Waals surface area contributed by atoms with E-state index in [4.69, 9.17) is 14.2 Å². The summed E-state index contributed by atoms with van der Waals surface area (Å²) in [6.45, 7) is 20.6. The quantitative estimate of drug-likeness (QED) is 0.199. The van der Waals surface area contributed by atoms with Crippen molar-refractivity contribution >= 4 is 23.4 Å². The van der Waals surface area contributed by atoms with E-state index >= 15 is 0 Å². The molecule has 2 fully saturated rings. The maximum atomic E-state index is 13.8. The van der Waals surface area contributed by atoms with Crippen molar-refractivity contribution in [1.29, 1.82) is 0 Å². The lowest BCUT2D eigenvalue weighted by atomic mass is 9.74. The molecular weight excluding hydrogens is 871 g/mol. The largest absolute Gasteiger partial charge is 0.458 e. The first-order chi connectivity index (χ1) is 31.9. The van der Waals surface area contributed by atoms with Gasteiger partial charge < -0.3 is 44.9 Å². The number of amides is 1. The number of hydrogen-bond donors (Lipinski definition) is 5. The molecule has 0 aliphatic carbocycles. The van der Waals surface area contributed by atoms with Gasteiger partial charge in [-0.25, -0.2) is 9.48 Å². The van der Waals surface area contributed by atoms with Crippen molar-refractivity contribution < 1.29 is 53.8 Å². The molecule has 384 valence electrons. The van der Waals surface area contributed by atoms with Crippen molar-refractivity contribution in [1.82, 2.24) is 25.2 Å². The number of aliphatic hydroxyl groups excluding tert-OH is 3. The van der Waals surface area contributed by atoms with E-state index in [1.54, 1.807) is 24.7 Å². The highest BCUT2D eigenvalue weighted by Crippen LogP contribution is 2.49. The molecule has 18 atom stereocenters. The van der Waals surface area contributed by atoms with E-state index in [0.29, 0.717) is 38.8 Å². The summed E-state index contributed by atoms with van der Waals surface area (Å²) in [5.74, 6) is -7.95. The van der Waals surface area contributed by atoms with Gasteiger partial charge in [-0.15, -0.1) is 5.10 Å². The van der Waals surface area contributed by atoms with Crippen molar-refractivity contribution in [3.8, 4) is 0 Å². The lowest BCUT2D eigenvalue weighted by Crippen LogP contribution is -2.62. The number of hydrogen-bond acceptors (Lipinski definition) is 14. The summed E-state index contributed by atoms with van der Waals surface area (Å²) >= 11 is 0. The summed E-state index contributed by atoms with van der Waals surface area (Å²) in [6, 6.07) is -0.164. The summed E-state index contributed by atoms with van der Waals surface area (Å²) in [4.78, 5) is 55.8. The van der Waals surface area contributed by atoms with Crippen LogP contribution in [-0.4, -0.2) is 139 Å². The molecule has 0 unspecified atom stereocenters. The predicted molar refractivity (Wildman–Crippen MR) is 259 cm³/mol. The molecule has 2 bridgehead atoms. The van der Waals surface area contributed by atoms with Gasteiger partial charge in [0.1, 0.15) is 17.5 Å². The summed E-state index contributed by atoms with van der Waals surface area (Å²) in [5.41, 5.74) is -1.96. The normalized spacial score (nSPS) is 40.6. The Morgan fingerprint density at radius 3 is 2.26 bits per heavy atom. The number of ether oxygens (including phenoxy) is 3. The Labute approximate surface area is 405 Å². The zero-order chi connectivity index (χ0) is 50.8. The highest BCUT2D eigenvalue weighted by Gasteiger charge is 2.56. The smallest absolute Gasteiger partial charge is 0.330 e. The van der Waals surface area contributed by atoms with Crippen molar-refractivity contribution in [2.75, 3.05) is 27.2 Å². The first kappa shape index (κ1) is 56.9. The van der Waals surface area contributed by atoms with Gasteiger partial charge in [0, 0.05) is 61.1 Å². The van der Waals surface area contributed by atoms with E-state index in [-0.39, 0.29) is 53.5 Å². The van der Waals surface area contributed by atoms with E-state index in [2.05, 4.69) is 35.6 Å². The van der Waals surface area contributed by atoms with Crippen LogP contribution in [0.3, 0.4) is 0 Å². The van der Waals surface area contributed by atoms with Gasteiger partial charge in [0.15, 0.2) is 17.3 Å². The second-order valence-electron chi connectivity index (χ2n) is 21.1. The second-order valence-corrected chi connectivity index (χ2v) is 21.1. The zero-order valence-electron chi connectivity index (χ0n) is 43.1. The molecular formula is C52H85N5O11. The van der Waals surface area contributed by atoms with Crippen LogP contribution in [0.25, 0.3) is 0 Å². The number of esters is 1. The molecule has 4 rings (SSSR count). The lowest BCUT2D eigenvalue weighted by molar-refractivity contribution is -0.370. The molecule has 4 heterocycles. The van der Waals surface area contributed by atoms with Crippen LogP contribution in [0, 0.1) is 53.3 Å². The van der Waals surface area contributed by atoms with Gasteiger partial charge >= 0.3 is 5.97 Å². The van der Waals surface area contributed by atoms with Crippen LogP contribution in [0.1, 0.15) is 138 Å². The molecule has 5 N–H and O–H groups in total. The van der Waals surface area contributed by atoms with Crippen molar-refractivity contribution in [2.45, 2.75) is 175 Å². The number of fused-ring (bicyclic) bond motifs is 2. The lowest BCUT2D eigenvalue weighted by Gasteiger charge is -2.55. The van der Waals surface area contributed by atoms with Crippen molar-refractivity contribution in [3.05, 3.63) is 48.3 Å². The summed E-state index contributed by atoms with van der Waals surface area (Å²) in [7, 11) is 3.88. The van der Waals surface area contributed by atoms with E-state index < -0.39 is 82.9 Å². The molecule has 0 radical (unpaired) electrons. The Balaban J connectivity index is 1.63. The highest BCUT2D eigenvalue weighted by atomic mass is 16.7. The van der Waals surface area contributed by atoms with E-state index in [1.165, 1.54) is 39.8 Å². The summed E-state index contributed by atoms with van der Waals surface area (Å²) in [5, 5.41) is 56.5. The van der Waals surface area contributed by atoms with E-state index in [1.807, 2.05) is 58.0 Å². The van der Waals surface area contributed by atoms with E-state index in [0.717, 1.165) is 19.3 Å². The third-order valence-electron chi connectivity index (χ3n) is 15.5. The minimum atomic E-state index is -2.20. The Morgan fingerprint density at radius 2 is 1.60 bits per heavy atom. The number of ketones is 2. The Hall–Kier alpha value is -3.64. The van der Waals surface area contributed by atoms with Crippen LogP contribution < -0.4 is 5.32 Å². The number of carbonyl (C=O) groups excluding carboxylic acids is 4. The minimum absolute atomic E-state index is 0.164. The monoisotopic (exact) mass is 956 g/mol. The Kier molecular flexibility index (Phi) is 20.9. The van der Waals surface area contributed by atoms with Gasteiger partial charge in [0.2, 0.25) is 0 Å². The molecule has 1 amide bonds. The van der Waals surface area contributed by atoms with Crippen LogP contribution in [0.15, 0.2) is 42.7 Å². The first-order valence-electron chi connectivity index (χ1n) is 25.1. The van der Waals surface area contributed by atoms with Crippen LogP contribution in [-0.2, 0) is 28.6 Å². The number of carbonyl (C=O) groups is 4. The SMILES string of the molecule is CC[C@@H]1/C=C/C=C/C[C@H](C)[C@@H](O)[C@](C)(O)C(=O)[C@H](C)[C@@H](O)[C@H](C)C(=O)[C@H](C)[C@@H](O)[C@H](C)/C=C/C(=O)O[C@H]2[C@@H](C)[C@@H](CC1)O[C@@]1(CC[C@@H](C)[C@@H](C[C@H](C)n3cc(C(=O)NCCN(C)C)nn3)O1)[C@@H]2C. The zero-order valence-corrected chi connectivity index (χ0v) is 43.1. The van der Waals surface area contributed by atoms with Crippen LogP contribution in [0.5, 0.6) is 0 Å². The fourth-order valence-electron chi connectivity index (χ4n) is 10.2. The van der Waals surface area contributed by atoms with Crippen LogP contribution in [0.4, 0.5) is 0 Å². The fraction of sp³-hybridized carbons (Fsp3) is 0.769. The first-order valence-corrected chi connectivity index (χ1v) is 25.1. The number of Topliss-reactive ketones (excluding diaryl/α,β-unsaturated/α-hetero) is 2. The molecule has 16 nitrogen and oxygen atoms in total. The molecule has 3 aliphatic heterocycles. The number of aliphatic hydroxyl groups is 4. The van der Waals surface area contributed by atoms with Gasteiger partial charge in [0.25, 0.3) is 5.91 Å². The van der Waals surface area contributed by atoms with Crippen LogP contribution >= 0.6 is 0 Å². The minimum Gasteiger partial charge on any atom is -0.458 e. The topological polar surface area (TPSA) is 223 Å². The average Bonchev–Trinajstić information content (AvgIpc) is 3.81. The molecule has 2 saturated heterocycles. The number of nitrogens with one attached hydrogen (secondary N) is 1. The number of aromatic nitrogens is 3. The second kappa shape index (κ2) is 25.0. The Morgan fingerprint density at radius 1 is 0.926 bits per heavy atom. The van der Waals surface area contributed by atoms with E-state index in [9.17, 15) is 39.6 Å².